The van der Waals surface area contributed by atoms with E-state index in [1.807, 2.05) is 24.0 Å². The van der Waals surface area contributed by atoms with Crippen LogP contribution in [-0.4, -0.2) is 28.4 Å². The monoisotopic (exact) mass is 247 g/mol. The van der Waals surface area contributed by atoms with Crippen LogP contribution in [0.4, 0.5) is 0 Å². The summed E-state index contributed by atoms with van der Waals surface area (Å²) in [5.74, 6) is 0.298. The molecule has 0 saturated heterocycles. The highest BCUT2D eigenvalue weighted by Gasteiger charge is 2.27. The first-order valence-corrected chi connectivity index (χ1v) is 6.60. The predicted octanol–water partition coefficient (Wildman–Crippen LogP) is 1.34. The predicted molar refractivity (Wildman–Crippen MR) is 70.8 cm³/mol. The zero-order valence-electron chi connectivity index (χ0n) is 11.1. The fraction of sp³-hybridized carbons (Fsp3) is 0.571. The van der Waals surface area contributed by atoms with Crippen LogP contribution in [0.5, 0.6) is 0 Å². The molecule has 2 atom stereocenters. The molecule has 4 nitrogen and oxygen atoms in total. The van der Waals surface area contributed by atoms with Gasteiger partial charge in [0.05, 0.1) is 6.04 Å². The Morgan fingerprint density at radius 1 is 1.61 bits per heavy atom. The molecule has 18 heavy (non-hydrogen) atoms. The Kier molecular flexibility index (Phi) is 3.97. The van der Waals surface area contributed by atoms with Gasteiger partial charge < -0.3 is 10.6 Å². The lowest BCUT2D eigenvalue weighted by molar-refractivity contribution is -0.134. The summed E-state index contributed by atoms with van der Waals surface area (Å²) in [6.45, 7) is 5.47. The summed E-state index contributed by atoms with van der Waals surface area (Å²) in [7, 11) is 0. The van der Waals surface area contributed by atoms with Gasteiger partial charge in [-0.1, -0.05) is 26.3 Å². The summed E-state index contributed by atoms with van der Waals surface area (Å²) in [4.78, 5) is 18.5. The van der Waals surface area contributed by atoms with Crippen molar-refractivity contribution in [2.24, 2.45) is 11.7 Å². The number of carbonyl (C=O) groups excluding carboxylic acids is 1. The van der Waals surface area contributed by atoms with Crippen molar-refractivity contribution in [2.45, 2.75) is 39.3 Å². The first-order chi connectivity index (χ1) is 8.63. The van der Waals surface area contributed by atoms with Gasteiger partial charge in [-0.2, -0.15) is 0 Å². The van der Waals surface area contributed by atoms with Crippen LogP contribution in [0.1, 0.15) is 31.5 Å². The fourth-order valence-electron chi connectivity index (χ4n) is 2.26. The Labute approximate surface area is 108 Å². The topological polar surface area (TPSA) is 59.2 Å². The number of fused-ring (bicyclic) bond motifs is 1. The molecule has 2 rings (SSSR count). The quantitative estimate of drug-likeness (QED) is 0.877. The van der Waals surface area contributed by atoms with Crippen LogP contribution < -0.4 is 5.73 Å². The molecule has 0 spiro atoms. The molecule has 2 N–H and O–H groups in total. The molecule has 0 fully saturated rings. The number of rotatable bonds is 3. The van der Waals surface area contributed by atoms with Crippen LogP contribution in [0.25, 0.3) is 0 Å². The summed E-state index contributed by atoms with van der Waals surface area (Å²) in [6.07, 6.45) is 3.56. The van der Waals surface area contributed by atoms with Gasteiger partial charge in [0, 0.05) is 31.4 Å². The molecule has 1 aromatic heterocycles. The van der Waals surface area contributed by atoms with Crippen molar-refractivity contribution in [2.75, 3.05) is 6.54 Å². The van der Waals surface area contributed by atoms with E-state index in [4.69, 9.17) is 5.73 Å². The Bertz CT molecular complexity index is 433. The van der Waals surface area contributed by atoms with Gasteiger partial charge in [0.25, 0.3) is 0 Å². The van der Waals surface area contributed by atoms with Gasteiger partial charge >= 0.3 is 0 Å². The molecule has 0 bridgehead atoms. The van der Waals surface area contributed by atoms with Crippen molar-refractivity contribution in [3.8, 4) is 0 Å². The Balaban J connectivity index is 2.07. The van der Waals surface area contributed by atoms with E-state index < -0.39 is 0 Å². The Morgan fingerprint density at radius 3 is 3.11 bits per heavy atom. The molecule has 1 aliphatic heterocycles. The average Bonchev–Trinajstić information content (AvgIpc) is 2.44. The number of amides is 1. The molecule has 0 radical (unpaired) electrons. The first kappa shape index (κ1) is 13.0. The summed E-state index contributed by atoms with van der Waals surface area (Å²) in [6, 6.07) is 3.58. The maximum Gasteiger partial charge on any atom is 0.240 e. The van der Waals surface area contributed by atoms with Crippen molar-refractivity contribution < 1.29 is 4.79 Å². The summed E-state index contributed by atoms with van der Waals surface area (Å²) < 4.78 is 0. The van der Waals surface area contributed by atoms with Crippen LogP contribution in [0.3, 0.4) is 0 Å². The van der Waals surface area contributed by atoms with E-state index >= 15 is 0 Å². The van der Waals surface area contributed by atoms with Crippen LogP contribution in [0.2, 0.25) is 0 Å². The largest absolute Gasteiger partial charge is 0.337 e. The lowest BCUT2D eigenvalue weighted by Gasteiger charge is -2.31. The molecule has 0 aromatic carbocycles. The molecule has 1 aromatic rings. The molecular formula is C14H21N3O. The fourth-order valence-corrected chi connectivity index (χ4v) is 2.26. The highest BCUT2D eigenvalue weighted by molar-refractivity contribution is 5.82. The van der Waals surface area contributed by atoms with Gasteiger partial charge in [-0.25, -0.2) is 0 Å². The molecule has 1 amide bonds. The maximum atomic E-state index is 12.3. The number of hydrogen-bond acceptors (Lipinski definition) is 3. The number of aromatic nitrogens is 1. The lowest BCUT2D eigenvalue weighted by Crippen LogP contribution is -2.48. The van der Waals surface area contributed by atoms with Gasteiger partial charge in [0.2, 0.25) is 5.91 Å². The van der Waals surface area contributed by atoms with Crippen molar-refractivity contribution in [1.29, 1.82) is 0 Å². The van der Waals surface area contributed by atoms with Gasteiger partial charge in [-0.3, -0.25) is 9.78 Å². The van der Waals surface area contributed by atoms with Crippen LogP contribution in [-0.2, 0) is 17.8 Å². The third-order valence-electron chi connectivity index (χ3n) is 3.82. The SMILES string of the molecule is CCC(C)C(N)C(=O)N1CCc2ncccc2C1. The number of nitrogens with zero attached hydrogens (tertiary/aromatic N) is 2. The van der Waals surface area contributed by atoms with E-state index in [9.17, 15) is 4.79 Å². The highest BCUT2D eigenvalue weighted by atomic mass is 16.2. The number of carbonyl (C=O) groups is 1. The van der Waals surface area contributed by atoms with Crippen molar-refractivity contribution >= 4 is 5.91 Å². The Morgan fingerprint density at radius 2 is 2.39 bits per heavy atom. The highest BCUT2D eigenvalue weighted by Crippen LogP contribution is 2.18. The van der Waals surface area contributed by atoms with Crippen molar-refractivity contribution in [3.63, 3.8) is 0 Å². The molecule has 0 saturated carbocycles. The van der Waals surface area contributed by atoms with Crippen LogP contribution in [0.15, 0.2) is 18.3 Å². The molecular weight excluding hydrogens is 226 g/mol. The molecule has 4 heteroatoms. The van der Waals surface area contributed by atoms with Crippen molar-refractivity contribution in [3.05, 3.63) is 29.6 Å². The minimum Gasteiger partial charge on any atom is -0.337 e. The second-order valence-electron chi connectivity index (χ2n) is 5.03. The van der Waals surface area contributed by atoms with E-state index in [1.54, 1.807) is 6.20 Å². The van der Waals surface area contributed by atoms with Gasteiger partial charge in [-0.15, -0.1) is 0 Å². The minimum absolute atomic E-state index is 0.0684. The van der Waals surface area contributed by atoms with E-state index in [0.29, 0.717) is 6.54 Å². The van der Waals surface area contributed by atoms with Gasteiger partial charge in [0.15, 0.2) is 0 Å². The third-order valence-corrected chi connectivity index (χ3v) is 3.82. The summed E-state index contributed by atoms with van der Waals surface area (Å²) >= 11 is 0. The minimum atomic E-state index is -0.381. The summed E-state index contributed by atoms with van der Waals surface area (Å²) in [5, 5.41) is 0. The van der Waals surface area contributed by atoms with Gasteiger partial charge in [-0.05, 0) is 17.5 Å². The second-order valence-corrected chi connectivity index (χ2v) is 5.03. The van der Waals surface area contributed by atoms with Crippen molar-refractivity contribution in [1.82, 2.24) is 9.88 Å². The van der Waals surface area contributed by atoms with E-state index in [1.165, 1.54) is 0 Å². The van der Waals surface area contributed by atoms with E-state index in [-0.39, 0.29) is 17.9 Å². The number of hydrogen-bond donors (Lipinski definition) is 1. The average molecular weight is 247 g/mol. The smallest absolute Gasteiger partial charge is 0.240 e. The first-order valence-electron chi connectivity index (χ1n) is 6.60. The Hall–Kier alpha value is -1.42. The molecule has 2 heterocycles. The van der Waals surface area contributed by atoms with E-state index in [2.05, 4.69) is 11.9 Å². The normalized spacial score (nSPS) is 18.1. The zero-order chi connectivity index (χ0) is 13.1. The van der Waals surface area contributed by atoms with Crippen LogP contribution in [0, 0.1) is 5.92 Å². The lowest BCUT2D eigenvalue weighted by atomic mass is 9.97. The second kappa shape index (κ2) is 5.48. The molecule has 0 aliphatic carbocycles. The molecule has 2 unspecified atom stereocenters. The number of pyridine rings is 1. The number of nitrogens with two attached hydrogens (primary N) is 1. The van der Waals surface area contributed by atoms with E-state index in [0.717, 1.165) is 30.6 Å². The maximum absolute atomic E-state index is 12.3. The molecule has 98 valence electrons. The molecule has 1 aliphatic rings. The van der Waals surface area contributed by atoms with Gasteiger partial charge in [0.1, 0.15) is 0 Å². The zero-order valence-corrected chi connectivity index (χ0v) is 11.1. The van der Waals surface area contributed by atoms with Crippen LogP contribution >= 0.6 is 0 Å². The summed E-state index contributed by atoms with van der Waals surface area (Å²) in [5.41, 5.74) is 8.27. The standard InChI is InChI=1S/C14H21N3O/c1-3-10(2)13(15)14(18)17-8-6-12-11(9-17)5-4-7-16-12/h4-5,7,10,13H,3,6,8-9,15H2,1-2H3. The third kappa shape index (κ3) is 2.53.